The SMILES string of the molecule is C=C(CO)C(=O)O[C@H]1C[C@@]2(C)OC(=O)/C(=C/C)[C@]2(O)CC[C@@]2(C)O[C@@H]2[C@H]2OC(=O)C(COC(C)=O)=C12. The fourth-order valence-corrected chi connectivity index (χ4v) is 5.34. The first-order chi connectivity index (χ1) is 16.8. The van der Waals surface area contributed by atoms with Crippen molar-refractivity contribution in [2.45, 2.75) is 82.1 Å². The predicted molar refractivity (Wildman–Crippen MR) is 120 cm³/mol. The molecular formula is C25H30O11. The molecule has 1 saturated carbocycles. The van der Waals surface area contributed by atoms with Crippen molar-refractivity contribution in [1.29, 1.82) is 0 Å². The first kappa shape index (κ1) is 26.1. The van der Waals surface area contributed by atoms with Gasteiger partial charge in [0.2, 0.25) is 0 Å². The number of hydrogen-bond acceptors (Lipinski definition) is 11. The van der Waals surface area contributed by atoms with Gasteiger partial charge in [-0.15, -0.1) is 0 Å². The van der Waals surface area contributed by atoms with Crippen molar-refractivity contribution in [1.82, 2.24) is 0 Å². The number of epoxide rings is 1. The molecule has 6 atom stereocenters. The van der Waals surface area contributed by atoms with E-state index in [1.165, 1.54) is 19.9 Å². The molecule has 4 rings (SSSR count). The zero-order valence-corrected chi connectivity index (χ0v) is 20.6. The molecule has 1 aliphatic carbocycles. The van der Waals surface area contributed by atoms with E-state index in [0.717, 1.165) is 0 Å². The minimum absolute atomic E-state index is 0.0382. The average Bonchev–Trinajstić information content (AvgIpc) is 3.30. The molecule has 0 aromatic rings. The fraction of sp³-hybridized carbons (Fsp3) is 0.600. The Kier molecular flexibility index (Phi) is 6.39. The third-order valence-corrected chi connectivity index (χ3v) is 7.55. The maximum atomic E-state index is 12.9. The molecule has 0 radical (unpaired) electrons. The third-order valence-electron chi connectivity index (χ3n) is 7.55. The van der Waals surface area contributed by atoms with Gasteiger partial charge in [0.25, 0.3) is 0 Å². The van der Waals surface area contributed by atoms with Crippen LogP contribution in [0.1, 0.15) is 47.0 Å². The van der Waals surface area contributed by atoms with Gasteiger partial charge in [-0.25, -0.2) is 14.4 Å². The largest absolute Gasteiger partial charge is 0.461 e. The Morgan fingerprint density at radius 3 is 2.53 bits per heavy atom. The summed E-state index contributed by atoms with van der Waals surface area (Å²) in [6.07, 6.45) is -1.26. The quantitative estimate of drug-likeness (QED) is 0.232. The maximum Gasteiger partial charge on any atom is 0.338 e. The molecular weight excluding hydrogens is 476 g/mol. The molecule has 0 unspecified atom stereocenters. The first-order valence-corrected chi connectivity index (χ1v) is 11.7. The van der Waals surface area contributed by atoms with Crippen molar-refractivity contribution < 1.29 is 53.1 Å². The predicted octanol–water partition coefficient (Wildman–Crippen LogP) is 0.566. The lowest BCUT2D eigenvalue weighted by Crippen LogP contribution is -2.53. The summed E-state index contributed by atoms with van der Waals surface area (Å²) in [4.78, 5) is 49.9. The normalized spacial score (nSPS) is 38.4. The van der Waals surface area contributed by atoms with E-state index in [1.807, 2.05) is 0 Å². The molecule has 2 N–H and O–H groups in total. The number of hydrogen-bond donors (Lipinski definition) is 2. The van der Waals surface area contributed by atoms with Crippen molar-refractivity contribution in [2.24, 2.45) is 0 Å². The summed E-state index contributed by atoms with van der Waals surface area (Å²) in [6, 6.07) is 0. The fourth-order valence-electron chi connectivity index (χ4n) is 5.34. The van der Waals surface area contributed by atoms with Gasteiger partial charge in [0.1, 0.15) is 30.0 Å². The van der Waals surface area contributed by atoms with Crippen LogP contribution in [0.15, 0.2) is 34.9 Å². The van der Waals surface area contributed by atoms with E-state index in [0.29, 0.717) is 6.42 Å². The molecule has 4 aliphatic rings. The molecule has 3 aliphatic heterocycles. The lowest BCUT2D eigenvalue weighted by Gasteiger charge is -2.40. The van der Waals surface area contributed by atoms with Crippen LogP contribution in [0.25, 0.3) is 0 Å². The lowest BCUT2D eigenvalue weighted by atomic mass is 9.71. The average molecular weight is 507 g/mol. The third kappa shape index (κ3) is 4.04. The number of rotatable bonds is 5. The second kappa shape index (κ2) is 8.82. The van der Waals surface area contributed by atoms with Crippen LogP contribution < -0.4 is 0 Å². The summed E-state index contributed by atoms with van der Waals surface area (Å²) in [5, 5.41) is 21.2. The van der Waals surface area contributed by atoms with Gasteiger partial charge in [-0.2, -0.15) is 0 Å². The molecule has 11 nitrogen and oxygen atoms in total. The molecule has 0 amide bonds. The van der Waals surface area contributed by atoms with Crippen molar-refractivity contribution in [3.63, 3.8) is 0 Å². The summed E-state index contributed by atoms with van der Waals surface area (Å²) in [5.74, 6) is -3.08. The number of allylic oxidation sites excluding steroid dienone is 1. The molecule has 36 heavy (non-hydrogen) atoms. The van der Waals surface area contributed by atoms with Crippen molar-refractivity contribution in [3.8, 4) is 0 Å². The second-order valence-corrected chi connectivity index (χ2v) is 9.93. The lowest BCUT2D eigenvalue weighted by molar-refractivity contribution is -0.166. The molecule has 0 aromatic heterocycles. The molecule has 196 valence electrons. The smallest absolute Gasteiger partial charge is 0.338 e. The summed E-state index contributed by atoms with van der Waals surface area (Å²) in [6.45, 7) is 8.47. The molecule has 0 spiro atoms. The molecule has 3 fully saturated rings. The van der Waals surface area contributed by atoms with E-state index in [4.69, 9.17) is 23.7 Å². The number of carbonyl (C=O) groups is 4. The van der Waals surface area contributed by atoms with Crippen molar-refractivity contribution >= 4 is 23.9 Å². The summed E-state index contributed by atoms with van der Waals surface area (Å²) < 4.78 is 28.0. The first-order valence-electron chi connectivity index (χ1n) is 11.7. The van der Waals surface area contributed by atoms with Crippen LogP contribution in [0.5, 0.6) is 0 Å². The summed E-state index contributed by atoms with van der Waals surface area (Å²) in [5.41, 5.74) is -4.19. The van der Waals surface area contributed by atoms with Crippen molar-refractivity contribution in [3.05, 3.63) is 34.9 Å². The van der Waals surface area contributed by atoms with Gasteiger partial charge >= 0.3 is 23.9 Å². The molecule has 0 bridgehead atoms. The van der Waals surface area contributed by atoms with Gasteiger partial charge in [0.15, 0.2) is 6.10 Å². The van der Waals surface area contributed by atoms with E-state index >= 15 is 0 Å². The zero-order valence-electron chi connectivity index (χ0n) is 20.6. The van der Waals surface area contributed by atoms with Gasteiger partial charge in [-0.05, 0) is 33.6 Å². The van der Waals surface area contributed by atoms with Gasteiger partial charge in [-0.3, -0.25) is 4.79 Å². The number of aliphatic hydroxyl groups excluding tert-OH is 1. The van der Waals surface area contributed by atoms with Gasteiger partial charge in [0, 0.05) is 18.9 Å². The molecule has 2 saturated heterocycles. The summed E-state index contributed by atoms with van der Waals surface area (Å²) >= 11 is 0. The Hall–Kier alpha value is -3.02. The van der Waals surface area contributed by atoms with Gasteiger partial charge < -0.3 is 33.9 Å². The Bertz CT molecular complexity index is 1100. The van der Waals surface area contributed by atoms with E-state index in [1.54, 1.807) is 13.8 Å². The number of carbonyl (C=O) groups excluding carboxylic acids is 4. The standard InChI is InChI=1S/C25H30O11/c1-6-15-22(30)36-24(5)9-16(33-20(28)12(2)10-26)17-14(11-32-13(3)27)21(29)34-18(17)19-23(4,35-19)7-8-25(15,24)31/h6,16,18-19,26,31H,2,7-11H2,1,3-5H3/b15-6-/t16-,18-,19+,23+,24+,25+/m0/s1. The molecule has 0 aromatic carbocycles. The number of ether oxygens (including phenoxy) is 5. The topological polar surface area (TPSA) is 158 Å². The minimum atomic E-state index is -1.76. The minimum Gasteiger partial charge on any atom is -0.461 e. The number of aliphatic hydroxyl groups is 2. The highest BCUT2D eigenvalue weighted by molar-refractivity contribution is 5.95. The highest BCUT2D eigenvalue weighted by atomic mass is 16.7. The Morgan fingerprint density at radius 2 is 1.92 bits per heavy atom. The molecule has 11 heteroatoms. The van der Waals surface area contributed by atoms with E-state index in [2.05, 4.69) is 6.58 Å². The Labute approximate surface area is 207 Å². The number of fused-ring (bicyclic) bond motifs is 4. The van der Waals surface area contributed by atoms with E-state index in [-0.39, 0.29) is 35.1 Å². The van der Waals surface area contributed by atoms with Crippen LogP contribution in [0.4, 0.5) is 0 Å². The van der Waals surface area contributed by atoms with Crippen LogP contribution >= 0.6 is 0 Å². The van der Waals surface area contributed by atoms with Crippen LogP contribution in [0.2, 0.25) is 0 Å². The zero-order chi connectivity index (χ0) is 26.6. The summed E-state index contributed by atoms with van der Waals surface area (Å²) in [7, 11) is 0. The monoisotopic (exact) mass is 506 g/mol. The Morgan fingerprint density at radius 1 is 1.22 bits per heavy atom. The van der Waals surface area contributed by atoms with Gasteiger partial charge in [0.05, 0.1) is 28.9 Å². The Balaban J connectivity index is 1.88. The number of esters is 4. The highest BCUT2D eigenvalue weighted by Gasteiger charge is 2.68. The highest BCUT2D eigenvalue weighted by Crippen LogP contribution is 2.55. The van der Waals surface area contributed by atoms with Gasteiger partial charge in [-0.1, -0.05) is 12.7 Å². The van der Waals surface area contributed by atoms with Crippen molar-refractivity contribution in [2.75, 3.05) is 13.2 Å². The molecule has 3 heterocycles. The van der Waals surface area contributed by atoms with E-state index < -0.39 is 72.2 Å². The maximum absolute atomic E-state index is 12.9. The van der Waals surface area contributed by atoms with E-state index in [9.17, 15) is 29.4 Å². The van der Waals surface area contributed by atoms with Crippen LogP contribution in [0.3, 0.4) is 0 Å². The van der Waals surface area contributed by atoms with Crippen LogP contribution in [0, 0.1) is 0 Å². The second-order valence-electron chi connectivity index (χ2n) is 9.93. The van der Waals surface area contributed by atoms with Crippen LogP contribution in [-0.4, -0.2) is 82.4 Å². The van der Waals surface area contributed by atoms with Crippen LogP contribution in [-0.2, 0) is 42.9 Å².